The second-order valence-corrected chi connectivity index (χ2v) is 4.41. The highest BCUT2D eigenvalue weighted by Gasteiger charge is 2.28. The predicted octanol–water partition coefficient (Wildman–Crippen LogP) is 1.81. The van der Waals surface area contributed by atoms with Crippen molar-refractivity contribution in [3.8, 4) is 0 Å². The Bertz CT molecular complexity index is 510. The third-order valence-corrected chi connectivity index (χ3v) is 2.81. The van der Waals surface area contributed by atoms with Crippen LogP contribution >= 0.6 is 0 Å². The van der Waals surface area contributed by atoms with Crippen molar-refractivity contribution < 1.29 is 4.52 Å². The third-order valence-electron chi connectivity index (χ3n) is 2.81. The molecule has 1 aliphatic rings. The quantitative estimate of drug-likeness (QED) is 0.788. The molecular formula is C11H14N4O. The van der Waals surface area contributed by atoms with Gasteiger partial charge in [-0.3, -0.25) is 4.68 Å². The van der Waals surface area contributed by atoms with E-state index in [0.29, 0.717) is 18.4 Å². The van der Waals surface area contributed by atoms with Crippen LogP contribution in [0.2, 0.25) is 0 Å². The Balaban J connectivity index is 1.79. The maximum Gasteiger partial charge on any atom is 0.248 e. The molecule has 0 amide bonds. The van der Waals surface area contributed by atoms with Gasteiger partial charge in [-0.15, -0.1) is 0 Å². The van der Waals surface area contributed by atoms with Crippen LogP contribution in [0.5, 0.6) is 0 Å². The van der Waals surface area contributed by atoms with E-state index >= 15 is 0 Å². The fraction of sp³-hybridized carbons (Fsp3) is 0.545. The molecule has 16 heavy (non-hydrogen) atoms. The molecule has 0 radical (unpaired) electrons. The normalized spacial score (nSPS) is 15.6. The van der Waals surface area contributed by atoms with Gasteiger partial charge in [-0.1, -0.05) is 5.16 Å². The summed E-state index contributed by atoms with van der Waals surface area (Å²) < 4.78 is 7.10. The lowest BCUT2D eigenvalue weighted by molar-refractivity contribution is 0.360. The van der Waals surface area contributed by atoms with Crippen LogP contribution in [-0.2, 0) is 6.54 Å². The fourth-order valence-electron chi connectivity index (χ4n) is 1.80. The minimum Gasteiger partial charge on any atom is -0.337 e. The summed E-state index contributed by atoms with van der Waals surface area (Å²) in [5.41, 5.74) is 2.13. The molecule has 0 N–H and O–H groups in total. The van der Waals surface area contributed by atoms with Crippen molar-refractivity contribution in [3.63, 3.8) is 0 Å². The first-order valence-electron chi connectivity index (χ1n) is 5.56. The second kappa shape index (κ2) is 3.43. The van der Waals surface area contributed by atoms with E-state index in [2.05, 4.69) is 15.2 Å². The summed E-state index contributed by atoms with van der Waals surface area (Å²) in [6.07, 6.45) is 2.39. The van der Waals surface area contributed by atoms with Crippen LogP contribution in [0, 0.1) is 13.8 Å². The Labute approximate surface area is 93.5 Å². The Hall–Kier alpha value is -1.65. The smallest absolute Gasteiger partial charge is 0.248 e. The molecule has 0 atom stereocenters. The standard InChI is InChI=1S/C11H14N4O/c1-7-5-8(2)15(13-7)6-10-12-11(14-16-10)9-3-4-9/h5,9H,3-4,6H2,1-2H3. The molecule has 0 spiro atoms. The molecule has 0 aliphatic heterocycles. The van der Waals surface area contributed by atoms with Gasteiger partial charge in [0.2, 0.25) is 5.89 Å². The number of aromatic nitrogens is 4. The van der Waals surface area contributed by atoms with E-state index < -0.39 is 0 Å². The molecule has 0 aromatic carbocycles. The molecule has 5 heteroatoms. The van der Waals surface area contributed by atoms with Crippen LogP contribution in [0.3, 0.4) is 0 Å². The highest BCUT2D eigenvalue weighted by Crippen LogP contribution is 2.38. The average Bonchev–Trinajstić information content (AvgIpc) is 2.91. The maximum atomic E-state index is 5.21. The third kappa shape index (κ3) is 1.73. The van der Waals surface area contributed by atoms with Crippen molar-refractivity contribution in [2.75, 3.05) is 0 Å². The Kier molecular flexibility index (Phi) is 2.05. The molecule has 2 aromatic rings. The Morgan fingerprint density at radius 1 is 1.44 bits per heavy atom. The second-order valence-electron chi connectivity index (χ2n) is 4.41. The minimum absolute atomic E-state index is 0.540. The molecule has 2 aromatic heterocycles. The maximum absolute atomic E-state index is 5.21. The monoisotopic (exact) mass is 218 g/mol. The topological polar surface area (TPSA) is 56.7 Å². The van der Waals surface area contributed by atoms with Crippen molar-refractivity contribution in [2.24, 2.45) is 0 Å². The summed E-state index contributed by atoms with van der Waals surface area (Å²) in [4.78, 5) is 4.38. The van der Waals surface area contributed by atoms with E-state index in [-0.39, 0.29) is 0 Å². The first-order valence-corrected chi connectivity index (χ1v) is 5.56. The van der Waals surface area contributed by atoms with Crippen LogP contribution in [0.4, 0.5) is 0 Å². The highest BCUT2D eigenvalue weighted by atomic mass is 16.5. The minimum atomic E-state index is 0.540. The van der Waals surface area contributed by atoms with Crippen molar-refractivity contribution >= 4 is 0 Å². The molecule has 3 rings (SSSR count). The van der Waals surface area contributed by atoms with Crippen molar-refractivity contribution in [2.45, 2.75) is 39.2 Å². The van der Waals surface area contributed by atoms with Gasteiger partial charge in [0.15, 0.2) is 5.82 Å². The fourth-order valence-corrected chi connectivity index (χ4v) is 1.80. The van der Waals surface area contributed by atoms with E-state index in [4.69, 9.17) is 4.52 Å². The molecule has 5 nitrogen and oxygen atoms in total. The van der Waals surface area contributed by atoms with Crippen molar-refractivity contribution in [3.05, 3.63) is 29.2 Å². The van der Waals surface area contributed by atoms with Crippen molar-refractivity contribution in [1.82, 2.24) is 19.9 Å². The summed E-state index contributed by atoms with van der Waals surface area (Å²) >= 11 is 0. The molecule has 0 unspecified atom stereocenters. The summed E-state index contributed by atoms with van der Waals surface area (Å²) in [5, 5.41) is 8.35. The van der Waals surface area contributed by atoms with Crippen LogP contribution in [0.1, 0.15) is 41.9 Å². The van der Waals surface area contributed by atoms with E-state index in [1.807, 2.05) is 24.6 Å². The van der Waals surface area contributed by atoms with Gasteiger partial charge in [-0.05, 0) is 32.8 Å². The molecular weight excluding hydrogens is 204 g/mol. The van der Waals surface area contributed by atoms with E-state index in [1.165, 1.54) is 12.8 Å². The highest BCUT2D eigenvalue weighted by molar-refractivity contribution is 5.08. The average molecular weight is 218 g/mol. The molecule has 1 saturated carbocycles. The zero-order chi connectivity index (χ0) is 11.1. The Morgan fingerprint density at radius 2 is 2.25 bits per heavy atom. The summed E-state index contributed by atoms with van der Waals surface area (Å²) in [7, 11) is 0. The summed E-state index contributed by atoms with van der Waals surface area (Å²) in [6.45, 7) is 4.57. The van der Waals surface area contributed by atoms with Crippen LogP contribution in [-0.4, -0.2) is 19.9 Å². The lowest BCUT2D eigenvalue weighted by Crippen LogP contribution is -2.04. The lowest BCUT2D eigenvalue weighted by atomic mass is 10.4. The lowest BCUT2D eigenvalue weighted by Gasteiger charge is -1.98. The molecule has 2 heterocycles. The van der Waals surface area contributed by atoms with Gasteiger partial charge >= 0.3 is 0 Å². The molecule has 1 aliphatic carbocycles. The van der Waals surface area contributed by atoms with Gasteiger partial charge < -0.3 is 4.52 Å². The van der Waals surface area contributed by atoms with Gasteiger partial charge in [0, 0.05) is 11.6 Å². The van der Waals surface area contributed by atoms with Crippen LogP contribution in [0.15, 0.2) is 10.6 Å². The number of nitrogens with zero attached hydrogens (tertiary/aromatic N) is 4. The summed E-state index contributed by atoms with van der Waals surface area (Å²) in [6, 6.07) is 2.04. The van der Waals surface area contributed by atoms with Gasteiger partial charge in [0.1, 0.15) is 6.54 Å². The largest absolute Gasteiger partial charge is 0.337 e. The zero-order valence-corrected chi connectivity index (χ0v) is 9.47. The van der Waals surface area contributed by atoms with Crippen LogP contribution < -0.4 is 0 Å². The van der Waals surface area contributed by atoms with Gasteiger partial charge in [0.25, 0.3) is 0 Å². The number of rotatable bonds is 3. The zero-order valence-electron chi connectivity index (χ0n) is 9.47. The molecule has 84 valence electrons. The first kappa shape index (κ1) is 9.57. The van der Waals surface area contributed by atoms with Gasteiger partial charge in [0.05, 0.1) is 5.69 Å². The van der Waals surface area contributed by atoms with E-state index in [9.17, 15) is 0 Å². The predicted molar refractivity (Wildman–Crippen MR) is 57.1 cm³/mol. The summed E-state index contributed by atoms with van der Waals surface area (Å²) in [5.74, 6) is 2.04. The Morgan fingerprint density at radius 3 is 2.88 bits per heavy atom. The number of aryl methyl sites for hydroxylation is 2. The van der Waals surface area contributed by atoms with Crippen LogP contribution in [0.25, 0.3) is 0 Å². The van der Waals surface area contributed by atoms with Gasteiger partial charge in [-0.2, -0.15) is 10.1 Å². The number of hydrogen-bond donors (Lipinski definition) is 0. The SMILES string of the molecule is Cc1cc(C)n(Cc2nc(C3CC3)no2)n1. The van der Waals surface area contributed by atoms with Crippen molar-refractivity contribution in [1.29, 1.82) is 0 Å². The van der Waals surface area contributed by atoms with Gasteiger partial charge in [-0.25, -0.2) is 0 Å². The first-order chi connectivity index (χ1) is 7.72. The molecule has 1 fully saturated rings. The van der Waals surface area contributed by atoms with E-state index in [1.54, 1.807) is 0 Å². The molecule has 0 saturated heterocycles. The van der Waals surface area contributed by atoms with E-state index in [0.717, 1.165) is 17.2 Å². The number of hydrogen-bond acceptors (Lipinski definition) is 4. The molecule has 0 bridgehead atoms.